The lowest BCUT2D eigenvalue weighted by molar-refractivity contribution is 0.114. The van der Waals surface area contributed by atoms with E-state index in [-0.39, 0.29) is 12.1 Å². The molecule has 2 atom stereocenters. The normalized spacial score (nSPS) is 25.6. The molecule has 2 amide bonds. The van der Waals surface area contributed by atoms with Gasteiger partial charge < -0.3 is 15.5 Å². The van der Waals surface area contributed by atoms with E-state index in [1.54, 1.807) is 0 Å². The molecule has 0 aromatic heterocycles. The number of hydrogen-bond acceptors (Lipinski definition) is 3. The van der Waals surface area contributed by atoms with Gasteiger partial charge in [0.15, 0.2) is 0 Å². The molecule has 5 nitrogen and oxygen atoms in total. The van der Waals surface area contributed by atoms with E-state index in [4.69, 9.17) is 0 Å². The van der Waals surface area contributed by atoms with Gasteiger partial charge in [-0.1, -0.05) is 30.7 Å². The van der Waals surface area contributed by atoms with Gasteiger partial charge in [0, 0.05) is 32.2 Å². The monoisotopic (exact) mass is 330 g/mol. The second-order valence-corrected chi connectivity index (χ2v) is 7.25. The number of fused-ring (bicyclic) bond motifs is 1. The Morgan fingerprint density at radius 3 is 2.92 bits per heavy atom. The number of benzene rings is 1. The summed E-state index contributed by atoms with van der Waals surface area (Å²) in [5, 5.41) is 6.28. The summed E-state index contributed by atoms with van der Waals surface area (Å²) in [6.45, 7) is 3.85. The summed E-state index contributed by atoms with van der Waals surface area (Å²) in [4.78, 5) is 17.1. The standard InChI is InChI=1S/C19H30N4O/c1-22-11-12-23(2)16(14-22)13-20-19(24)21-18-10-6-4-8-15-7-3-5-9-17(15)18/h3,5,7,9,16,18H,4,6,8,10-14H2,1-2H3,(H2,20,21,24)/t16-,18-/m0/s1. The highest BCUT2D eigenvalue weighted by atomic mass is 16.2. The van der Waals surface area contributed by atoms with Crippen molar-refractivity contribution in [2.24, 2.45) is 0 Å². The molecule has 1 heterocycles. The van der Waals surface area contributed by atoms with Gasteiger partial charge in [0.05, 0.1) is 6.04 Å². The van der Waals surface area contributed by atoms with Crippen molar-refractivity contribution in [2.45, 2.75) is 37.8 Å². The summed E-state index contributed by atoms with van der Waals surface area (Å²) in [5.74, 6) is 0. The van der Waals surface area contributed by atoms with Crippen molar-refractivity contribution in [1.82, 2.24) is 20.4 Å². The molecule has 1 aromatic rings. The molecule has 1 aromatic carbocycles. The first-order valence-corrected chi connectivity index (χ1v) is 9.14. The Bertz CT molecular complexity index is 562. The molecule has 3 rings (SSSR count). The third kappa shape index (κ3) is 4.28. The zero-order valence-corrected chi connectivity index (χ0v) is 14.9. The molecule has 0 spiro atoms. The summed E-state index contributed by atoms with van der Waals surface area (Å²) >= 11 is 0. The second kappa shape index (κ2) is 7.99. The molecule has 0 saturated carbocycles. The third-order valence-corrected chi connectivity index (χ3v) is 5.40. The number of hydrogen-bond donors (Lipinski definition) is 2. The molecular formula is C19H30N4O. The van der Waals surface area contributed by atoms with E-state index in [2.05, 4.69) is 58.8 Å². The van der Waals surface area contributed by atoms with Crippen LogP contribution in [0.15, 0.2) is 24.3 Å². The summed E-state index contributed by atoms with van der Waals surface area (Å²) in [6, 6.07) is 9.00. The molecule has 2 aliphatic rings. The zero-order chi connectivity index (χ0) is 16.9. The van der Waals surface area contributed by atoms with E-state index in [9.17, 15) is 4.79 Å². The number of piperazine rings is 1. The fourth-order valence-corrected chi connectivity index (χ4v) is 3.81. The molecule has 24 heavy (non-hydrogen) atoms. The predicted octanol–water partition coefficient (Wildman–Crippen LogP) is 2.00. The number of nitrogens with zero attached hydrogens (tertiary/aromatic N) is 2. The average Bonchev–Trinajstić information content (AvgIpc) is 2.78. The van der Waals surface area contributed by atoms with Gasteiger partial charge in [0.25, 0.3) is 0 Å². The third-order valence-electron chi connectivity index (χ3n) is 5.40. The largest absolute Gasteiger partial charge is 0.337 e. The van der Waals surface area contributed by atoms with Gasteiger partial charge in [0.2, 0.25) is 0 Å². The quantitative estimate of drug-likeness (QED) is 0.834. The molecule has 1 aliphatic carbocycles. The number of amides is 2. The van der Waals surface area contributed by atoms with Gasteiger partial charge in [-0.15, -0.1) is 0 Å². The maximum Gasteiger partial charge on any atom is 0.315 e. The zero-order valence-electron chi connectivity index (χ0n) is 14.9. The van der Waals surface area contributed by atoms with Crippen molar-refractivity contribution in [1.29, 1.82) is 0 Å². The minimum atomic E-state index is -0.0432. The number of rotatable bonds is 3. The molecule has 132 valence electrons. The van der Waals surface area contributed by atoms with Crippen LogP contribution in [0.5, 0.6) is 0 Å². The van der Waals surface area contributed by atoms with Crippen LogP contribution < -0.4 is 10.6 Å². The Hall–Kier alpha value is -1.59. The van der Waals surface area contributed by atoms with Gasteiger partial charge >= 0.3 is 6.03 Å². The topological polar surface area (TPSA) is 47.6 Å². The predicted molar refractivity (Wildman–Crippen MR) is 97.2 cm³/mol. The lowest BCUT2D eigenvalue weighted by Crippen LogP contribution is -2.55. The Morgan fingerprint density at radius 1 is 1.21 bits per heavy atom. The highest BCUT2D eigenvalue weighted by Gasteiger charge is 2.24. The summed E-state index contributed by atoms with van der Waals surface area (Å²) in [5.41, 5.74) is 2.67. The van der Waals surface area contributed by atoms with Crippen LogP contribution in [0.2, 0.25) is 0 Å². The molecule has 0 unspecified atom stereocenters. The maximum atomic E-state index is 12.4. The van der Waals surface area contributed by atoms with E-state index < -0.39 is 0 Å². The Balaban J connectivity index is 1.55. The average molecular weight is 330 g/mol. The van der Waals surface area contributed by atoms with Crippen LogP contribution in [0.1, 0.15) is 36.4 Å². The van der Waals surface area contributed by atoms with Crippen molar-refractivity contribution in [2.75, 3.05) is 40.3 Å². The minimum absolute atomic E-state index is 0.0432. The molecular weight excluding hydrogens is 300 g/mol. The minimum Gasteiger partial charge on any atom is -0.337 e. The molecule has 2 N–H and O–H groups in total. The Kier molecular flexibility index (Phi) is 5.74. The fraction of sp³-hybridized carbons (Fsp3) is 0.632. The van der Waals surface area contributed by atoms with Crippen LogP contribution in [0.3, 0.4) is 0 Å². The van der Waals surface area contributed by atoms with Gasteiger partial charge in [0.1, 0.15) is 0 Å². The summed E-state index contributed by atoms with van der Waals surface area (Å²) in [6.07, 6.45) is 4.51. The number of aryl methyl sites for hydroxylation is 1. The number of urea groups is 1. The molecule has 0 bridgehead atoms. The van der Waals surface area contributed by atoms with Crippen LogP contribution in [-0.2, 0) is 6.42 Å². The second-order valence-electron chi connectivity index (χ2n) is 7.25. The van der Waals surface area contributed by atoms with E-state index >= 15 is 0 Å². The van der Waals surface area contributed by atoms with Crippen molar-refractivity contribution in [3.63, 3.8) is 0 Å². The van der Waals surface area contributed by atoms with E-state index in [1.807, 2.05) is 0 Å². The van der Waals surface area contributed by atoms with Crippen molar-refractivity contribution in [3.8, 4) is 0 Å². The van der Waals surface area contributed by atoms with Gasteiger partial charge in [-0.3, -0.25) is 4.90 Å². The first kappa shape index (κ1) is 17.2. The van der Waals surface area contributed by atoms with Crippen molar-refractivity contribution >= 4 is 6.03 Å². The highest BCUT2D eigenvalue weighted by molar-refractivity contribution is 5.74. The van der Waals surface area contributed by atoms with E-state index in [0.29, 0.717) is 12.6 Å². The maximum absolute atomic E-state index is 12.4. The molecule has 0 radical (unpaired) electrons. The highest BCUT2D eigenvalue weighted by Crippen LogP contribution is 2.28. The number of carbonyl (C=O) groups excluding carboxylic acids is 1. The van der Waals surface area contributed by atoms with Crippen LogP contribution in [0, 0.1) is 0 Å². The summed E-state index contributed by atoms with van der Waals surface area (Å²) < 4.78 is 0. The first-order chi connectivity index (χ1) is 11.6. The molecule has 1 aliphatic heterocycles. The SMILES string of the molecule is CN1CCN(C)[C@@H](CNC(=O)N[C@H]2CCCCc3ccccc32)C1. The number of carbonyl (C=O) groups is 1. The number of nitrogens with one attached hydrogen (secondary N) is 2. The molecule has 5 heteroatoms. The van der Waals surface area contributed by atoms with E-state index in [0.717, 1.165) is 38.9 Å². The van der Waals surface area contributed by atoms with Gasteiger partial charge in [-0.05, 0) is 44.5 Å². The van der Waals surface area contributed by atoms with Gasteiger partial charge in [-0.25, -0.2) is 4.79 Å². The van der Waals surface area contributed by atoms with Crippen LogP contribution >= 0.6 is 0 Å². The smallest absolute Gasteiger partial charge is 0.315 e. The van der Waals surface area contributed by atoms with E-state index in [1.165, 1.54) is 17.5 Å². The first-order valence-electron chi connectivity index (χ1n) is 9.14. The van der Waals surface area contributed by atoms with Crippen LogP contribution in [0.4, 0.5) is 4.79 Å². The van der Waals surface area contributed by atoms with Gasteiger partial charge in [-0.2, -0.15) is 0 Å². The summed E-state index contributed by atoms with van der Waals surface area (Å²) in [7, 11) is 4.28. The lowest BCUT2D eigenvalue weighted by Gasteiger charge is -2.37. The van der Waals surface area contributed by atoms with Crippen LogP contribution in [-0.4, -0.2) is 62.1 Å². The van der Waals surface area contributed by atoms with Crippen LogP contribution in [0.25, 0.3) is 0 Å². The molecule has 1 saturated heterocycles. The lowest BCUT2D eigenvalue weighted by atomic mass is 9.99. The number of likely N-dealkylation sites (N-methyl/N-ethyl adjacent to an activating group) is 2. The van der Waals surface area contributed by atoms with Crippen molar-refractivity contribution < 1.29 is 4.79 Å². The van der Waals surface area contributed by atoms with Crippen molar-refractivity contribution in [3.05, 3.63) is 35.4 Å². The Labute approximate surface area is 145 Å². The molecule has 1 fully saturated rings. The Morgan fingerprint density at radius 2 is 2.04 bits per heavy atom. The fourth-order valence-electron chi connectivity index (χ4n) is 3.81.